The van der Waals surface area contributed by atoms with Crippen molar-refractivity contribution in [1.29, 1.82) is 0 Å². The molecule has 1 amide bonds. The number of nitrogens with two attached hydrogens (primary N) is 1. The zero-order valence-corrected chi connectivity index (χ0v) is 13.9. The van der Waals surface area contributed by atoms with Crippen LogP contribution in [0.4, 0.5) is 0 Å². The van der Waals surface area contributed by atoms with Crippen molar-refractivity contribution in [1.82, 2.24) is 4.90 Å². The fourth-order valence-electron chi connectivity index (χ4n) is 4.67. The maximum atomic E-state index is 11.5. The van der Waals surface area contributed by atoms with Crippen LogP contribution in [0.15, 0.2) is 5.18 Å². The zero-order valence-electron chi connectivity index (χ0n) is 13.9. The molecule has 126 valence electrons. The van der Waals surface area contributed by atoms with Crippen molar-refractivity contribution in [3.05, 3.63) is 4.91 Å². The maximum absolute atomic E-state index is 11.5. The van der Waals surface area contributed by atoms with Gasteiger partial charge < -0.3 is 10.6 Å². The fraction of sp³-hybridized carbons (Fsp3) is 0.941. The molecule has 5 heteroatoms. The minimum absolute atomic E-state index is 0.170. The highest BCUT2D eigenvalue weighted by atomic mass is 16.3. The van der Waals surface area contributed by atoms with Gasteiger partial charge in [-0.2, -0.15) is 0 Å². The van der Waals surface area contributed by atoms with Crippen LogP contribution in [0.2, 0.25) is 0 Å². The van der Waals surface area contributed by atoms with Gasteiger partial charge in [-0.15, -0.1) is 4.91 Å². The SMILES string of the molecule is CN1CCCC(C[C@H](N)C(=O)N=O)C12CCCCCCCC2. The minimum Gasteiger partial charge on any atom is -0.320 e. The highest BCUT2D eigenvalue weighted by Crippen LogP contribution is 2.43. The van der Waals surface area contributed by atoms with Crippen molar-refractivity contribution in [3.8, 4) is 0 Å². The van der Waals surface area contributed by atoms with Gasteiger partial charge in [-0.25, -0.2) is 0 Å². The van der Waals surface area contributed by atoms with Crippen molar-refractivity contribution in [3.63, 3.8) is 0 Å². The summed E-state index contributed by atoms with van der Waals surface area (Å²) in [7, 11) is 2.23. The van der Waals surface area contributed by atoms with Crippen LogP contribution in [0.5, 0.6) is 0 Å². The van der Waals surface area contributed by atoms with Crippen LogP contribution in [0.25, 0.3) is 0 Å². The first-order chi connectivity index (χ1) is 10.6. The number of likely N-dealkylation sites (tertiary alicyclic amines) is 1. The molecule has 1 aliphatic heterocycles. The molecular weight excluding hydrogens is 278 g/mol. The number of nitrogens with zero attached hydrogens (tertiary/aromatic N) is 2. The Kier molecular flexibility index (Phi) is 6.50. The molecule has 2 atom stereocenters. The lowest BCUT2D eigenvalue weighted by Crippen LogP contribution is -2.56. The first-order valence-corrected chi connectivity index (χ1v) is 8.94. The number of carbonyl (C=O) groups excluding carboxylic acids is 1. The van der Waals surface area contributed by atoms with Crippen LogP contribution in [-0.2, 0) is 4.79 Å². The quantitative estimate of drug-likeness (QED) is 0.812. The summed E-state index contributed by atoms with van der Waals surface area (Å²) in [6.07, 6.45) is 13.1. The largest absolute Gasteiger partial charge is 0.320 e. The molecule has 22 heavy (non-hydrogen) atoms. The molecule has 0 radical (unpaired) electrons. The number of piperidine rings is 1. The Morgan fingerprint density at radius 1 is 1.18 bits per heavy atom. The molecule has 0 aromatic heterocycles. The van der Waals surface area contributed by atoms with Crippen LogP contribution in [-0.4, -0.2) is 36.0 Å². The molecule has 1 saturated carbocycles. The van der Waals surface area contributed by atoms with Crippen molar-refractivity contribution in [2.24, 2.45) is 16.8 Å². The highest BCUT2D eigenvalue weighted by molar-refractivity contribution is 5.82. The van der Waals surface area contributed by atoms with Crippen molar-refractivity contribution in [2.75, 3.05) is 13.6 Å². The molecule has 1 saturated heterocycles. The molecule has 1 spiro atoms. The van der Waals surface area contributed by atoms with E-state index in [1.54, 1.807) is 0 Å². The van der Waals surface area contributed by atoms with E-state index in [-0.39, 0.29) is 5.54 Å². The lowest BCUT2D eigenvalue weighted by Gasteiger charge is -2.52. The Labute approximate surface area is 134 Å². The first kappa shape index (κ1) is 17.5. The van der Waals surface area contributed by atoms with Crippen molar-refractivity contribution in [2.45, 2.75) is 82.2 Å². The van der Waals surface area contributed by atoms with Gasteiger partial charge in [0.1, 0.15) is 0 Å². The van der Waals surface area contributed by atoms with Gasteiger partial charge in [0.05, 0.1) is 6.04 Å². The molecule has 0 aromatic carbocycles. The predicted molar refractivity (Wildman–Crippen MR) is 88.4 cm³/mol. The van der Waals surface area contributed by atoms with Gasteiger partial charge in [0, 0.05) is 10.7 Å². The van der Waals surface area contributed by atoms with Crippen molar-refractivity contribution < 1.29 is 4.79 Å². The second kappa shape index (κ2) is 8.16. The van der Waals surface area contributed by atoms with Gasteiger partial charge in [-0.05, 0) is 51.6 Å². The van der Waals surface area contributed by atoms with E-state index in [1.165, 1.54) is 51.4 Å². The summed E-state index contributed by atoms with van der Waals surface area (Å²) in [5, 5.41) is 2.53. The van der Waals surface area contributed by atoms with E-state index in [1.807, 2.05) is 0 Å². The topological polar surface area (TPSA) is 75.8 Å². The predicted octanol–water partition coefficient (Wildman–Crippen LogP) is 3.21. The number of nitroso groups, excluding NO2 is 1. The minimum atomic E-state index is -0.724. The summed E-state index contributed by atoms with van der Waals surface area (Å²) in [5.74, 6) is -0.281. The van der Waals surface area contributed by atoms with E-state index in [0.717, 1.165) is 19.4 Å². The lowest BCUT2D eigenvalue weighted by atomic mass is 9.68. The van der Waals surface area contributed by atoms with E-state index in [4.69, 9.17) is 5.73 Å². The van der Waals surface area contributed by atoms with E-state index in [9.17, 15) is 9.70 Å². The summed E-state index contributed by atoms with van der Waals surface area (Å²) in [5.41, 5.74) is 6.10. The van der Waals surface area contributed by atoms with E-state index in [2.05, 4.69) is 17.1 Å². The average Bonchev–Trinajstić information content (AvgIpc) is 2.64. The second-order valence-electron chi connectivity index (χ2n) is 7.26. The van der Waals surface area contributed by atoms with E-state index >= 15 is 0 Å². The molecule has 5 nitrogen and oxygen atoms in total. The van der Waals surface area contributed by atoms with Crippen LogP contribution >= 0.6 is 0 Å². The lowest BCUT2D eigenvalue weighted by molar-refractivity contribution is -0.120. The number of rotatable bonds is 3. The summed E-state index contributed by atoms with van der Waals surface area (Å²) >= 11 is 0. The normalized spacial score (nSPS) is 28.4. The van der Waals surface area contributed by atoms with Crippen LogP contribution in [0.3, 0.4) is 0 Å². The van der Waals surface area contributed by atoms with Gasteiger partial charge in [0.15, 0.2) is 0 Å². The zero-order chi connectivity index (χ0) is 16.0. The summed E-state index contributed by atoms with van der Waals surface area (Å²) in [6.45, 7) is 1.13. The van der Waals surface area contributed by atoms with E-state index in [0.29, 0.717) is 12.3 Å². The van der Waals surface area contributed by atoms with Gasteiger partial charge in [-0.1, -0.05) is 38.5 Å². The molecule has 2 rings (SSSR count). The Bertz CT molecular complexity index is 376. The Balaban J connectivity index is 2.15. The highest BCUT2D eigenvalue weighted by Gasteiger charge is 2.44. The molecule has 1 unspecified atom stereocenters. The van der Waals surface area contributed by atoms with Gasteiger partial charge in [0.2, 0.25) is 0 Å². The van der Waals surface area contributed by atoms with Crippen molar-refractivity contribution >= 4 is 5.91 Å². The fourth-order valence-corrected chi connectivity index (χ4v) is 4.67. The van der Waals surface area contributed by atoms with Gasteiger partial charge >= 0.3 is 5.91 Å². The molecule has 2 fully saturated rings. The van der Waals surface area contributed by atoms with Gasteiger partial charge in [0.25, 0.3) is 0 Å². The monoisotopic (exact) mass is 309 g/mol. The third kappa shape index (κ3) is 3.93. The molecule has 0 bridgehead atoms. The molecule has 1 heterocycles. The summed E-state index contributed by atoms with van der Waals surface area (Å²) in [6, 6.07) is -0.724. The third-order valence-electron chi connectivity index (χ3n) is 5.98. The number of carbonyl (C=O) groups is 1. The van der Waals surface area contributed by atoms with Crippen LogP contribution < -0.4 is 5.73 Å². The molecule has 0 aromatic rings. The second-order valence-corrected chi connectivity index (χ2v) is 7.26. The maximum Gasteiger partial charge on any atom is 0.302 e. The Morgan fingerprint density at radius 3 is 2.36 bits per heavy atom. The first-order valence-electron chi connectivity index (χ1n) is 8.94. The Hall–Kier alpha value is -0.810. The van der Waals surface area contributed by atoms with Crippen LogP contribution in [0.1, 0.15) is 70.6 Å². The van der Waals surface area contributed by atoms with Crippen LogP contribution in [0, 0.1) is 10.8 Å². The average molecular weight is 309 g/mol. The van der Waals surface area contributed by atoms with Gasteiger partial charge in [-0.3, -0.25) is 4.79 Å². The smallest absolute Gasteiger partial charge is 0.302 e. The standard InChI is InChI=1S/C17H31N3O2/c1-20-12-8-9-14(13-15(18)16(21)19-22)17(20)10-6-4-2-3-5-7-11-17/h14-15H,2-13,18H2,1H3/t14?,15-/m0/s1. The summed E-state index contributed by atoms with van der Waals surface area (Å²) < 4.78 is 0. The molecule has 2 N–H and O–H groups in total. The number of hydrogen-bond donors (Lipinski definition) is 1. The molecule has 2 aliphatic rings. The summed E-state index contributed by atoms with van der Waals surface area (Å²) in [4.78, 5) is 24.5. The number of hydrogen-bond acceptors (Lipinski definition) is 4. The third-order valence-corrected chi connectivity index (χ3v) is 5.98. The Morgan fingerprint density at radius 2 is 1.77 bits per heavy atom. The molecule has 1 aliphatic carbocycles. The number of amides is 1. The molecular formula is C17H31N3O2. The van der Waals surface area contributed by atoms with E-state index < -0.39 is 11.9 Å².